The molecule has 1 aromatic carbocycles. The number of benzene rings is 1. The number of nitrogens with zero attached hydrogens (tertiary/aromatic N) is 2. The molecule has 0 saturated carbocycles. The van der Waals surface area contributed by atoms with Gasteiger partial charge in [0.05, 0.1) is 17.0 Å². The van der Waals surface area contributed by atoms with Crippen molar-refractivity contribution in [2.45, 2.75) is 0 Å². The van der Waals surface area contributed by atoms with Gasteiger partial charge in [-0.05, 0) is 18.2 Å². The minimum absolute atomic E-state index is 0.0474. The van der Waals surface area contributed by atoms with Gasteiger partial charge >= 0.3 is 5.97 Å². The molecule has 1 N–H and O–H groups in total. The number of hydrogen-bond acceptors (Lipinski definition) is 4. The van der Waals surface area contributed by atoms with E-state index in [-0.39, 0.29) is 17.8 Å². The molecule has 0 bridgehead atoms. The van der Waals surface area contributed by atoms with Gasteiger partial charge in [-0.15, -0.1) is 0 Å². The van der Waals surface area contributed by atoms with E-state index in [1.54, 1.807) is 35.4 Å². The number of anilines is 1. The Labute approximate surface area is 103 Å². The van der Waals surface area contributed by atoms with Crippen molar-refractivity contribution in [3.05, 3.63) is 58.3 Å². The van der Waals surface area contributed by atoms with Crippen molar-refractivity contribution in [2.75, 3.05) is 11.4 Å². The van der Waals surface area contributed by atoms with Crippen molar-refractivity contribution in [3.8, 4) is 0 Å². The molecule has 18 heavy (non-hydrogen) atoms. The highest BCUT2D eigenvalue weighted by atomic mass is 16.6. The molecule has 0 aromatic heterocycles. The van der Waals surface area contributed by atoms with Crippen LogP contribution in [0.4, 0.5) is 11.4 Å². The third-order valence-corrected chi connectivity index (χ3v) is 2.57. The lowest BCUT2D eigenvalue weighted by Crippen LogP contribution is -2.25. The van der Waals surface area contributed by atoms with E-state index >= 15 is 0 Å². The minimum atomic E-state index is -1.03. The maximum atomic E-state index is 10.9. The Kier molecular flexibility index (Phi) is 3.09. The second-order valence-electron chi connectivity index (χ2n) is 3.71. The van der Waals surface area contributed by atoms with Gasteiger partial charge in [0.15, 0.2) is 0 Å². The summed E-state index contributed by atoms with van der Waals surface area (Å²) < 4.78 is 0. The highest BCUT2D eigenvalue weighted by Crippen LogP contribution is 2.29. The van der Waals surface area contributed by atoms with Crippen LogP contribution in [-0.2, 0) is 4.79 Å². The van der Waals surface area contributed by atoms with E-state index in [9.17, 15) is 14.9 Å². The maximum Gasteiger partial charge on any atom is 0.333 e. The second kappa shape index (κ2) is 4.70. The van der Waals surface area contributed by atoms with E-state index in [0.717, 1.165) is 0 Å². The number of hydrogen-bond donors (Lipinski definition) is 1. The molecule has 1 heterocycles. The Morgan fingerprint density at radius 1 is 1.39 bits per heavy atom. The zero-order valence-corrected chi connectivity index (χ0v) is 9.31. The molecule has 1 aromatic rings. The summed E-state index contributed by atoms with van der Waals surface area (Å²) >= 11 is 0. The van der Waals surface area contributed by atoms with Crippen LogP contribution in [0.25, 0.3) is 0 Å². The predicted molar refractivity (Wildman–Crippen MR) is 65.3 cm³/mol. The second-order valence-corrected chi connectivity index (χ2v) is 3.71. The van der Waals surface area contributed by atoms with Crippen LogP contribution in [0.3, 0.4) is 0 Å². The monoisotopic (exact) mass is 246 g/mol. The Balaban J connectivity index is 2.35. The van der Waals surface area contributed by atoms with Gasteiger partial charge in [0.25, 0.3) is 5.69 Å². The fourth-order valence-electron chi connectivity index (χ4n) is 1.72. The van der Waals surface area contributed by atoms with Crippen molar-refractivity contribution >= 4 is 17.3 Å². The van der Waals surface area contributed by atoms with E-state index in [1.165, 1.54) is 12.1 Å². The first-order valence-electron chi connectivity index (χ1n) is 5.20. The van der Waals surface area contributed by atoms with Gasteiger partial charge in [0.1, 0.15) is 5.69 Å². The topological polar surface area (TPSA) is 83.7 Å². The molecular formula is C12H10N2O4. The molecule has 0 fully saturated rings. The summed E-state index contributed by atoms with van der Waals surface area (Å²) in [5, 5.41) is 19.8. The average Bonchev–Trinajstić information content (AvgIpc) is 2.39. The lowest BCUT2D eigenvalue weighted by atomic mass is 10.1. The van der Waals surface area contributed by atoms with Gasteiger partial charge in [0.2, 0.25) is 0 Å². The highest BCUT2D eigenvalue weighted by Gasteiger charge is 2.21. The summed E-state index contributed by atoms with van der Waals surface area (Å²) in [4.78, 5) is 22.9. The van der Waals surface area contributed by atoms with Gasteiger partial charge < -0.3 is 10.0 Å². The first-order valence-corrected chi connectivity index (χ1v) is 5.20. The summed E-state index contributed by atoms with van der Waals surface area (Å²) in [6, 6.07) is 6.23. The Hall–Kier alpha value is -2.63. The lowest BCUT2D eigenvalue weighted by Gasteiger charge is -2.22. The molecule has 0 atom stereocenters. The van der Waals surface area contributed by atoms with Crippen LogP contribution in [0.15, 0.2) is 48.2 Å². The maximum absolute atomic E-state index is 10.9. The van der Waals surface area contributed by atoms with E-state index < -0.39 is 10.9 Å². The number of carboxylic acids is 1. The Bertz CT molecular complexity index is 563. The number of rotatable bonds is 3. The van der Waals surface area contributed by atoms with Crippen LogP contribution >= 0.6 is 0 Å². The van der Waals surface area contributed by atoms with E-state index in [2.05, 4.69) is 0 Å². The summed E-state index contributed by atoms with van der Waals surface area (Å²) in [6.45, 7) is 0.108. The molecular weight excluding hydrogens is 236 g/mol. The van der Waals surface area contributed by atoms with E-state index in [0.29, 0.717) is 5.69 Å². The zero-order valence-electron chi connectivity index (χ0n) is 9.31. The quantitative estimate of drug-likeness (QED) is 0.650. The Morgan fingerprint density at radius 3 is 2.78 bits per heavy atom. The molecule has 0 amide bonds. The van der Waals surface area contributed by atoms with Gasteiger partial charge in [0, 0.05) is 12.3 Å². The van der Waals surface area contributed by atoms with Crippen LogP contribution in [-0.4, -0.2) is 22.5 Å². The minimum Gasteiger partial charge on any atom is -0.478 e. The van der Waals surface area contributed by atoms with Crippen molar-refractivity contribution < 1.29 is 14.8 Å². The molecule has 0 saturated heterocycles. The van der Waals surface area contributed by atoms with Crippen LogP contribution in [0, 0.1) is 10.1 Å². The summed E-state index contributed by atoms with van der Waals surface area (Å²) in [7, 11) is 0. The van der Waals surface area contributed by atoms with Gasteiger partial charge in [-0.3, -0.25) is 10.1 Å². The van der Waals surface area contributed by atoms with Gasteiger partial charge in [-0.2, -0.15) is 0 Å². The molecule has 0 spiro atoms. The van der Waals surface area contributed by atoms with Crippen molar-refractivity contribution in [2.24, 2.45) is 0 Å². The van der Waals surface area contributed by atoms with Crippen molar-refractivity contribution in [3.63, 3.8) is 0 Å². The van der Waals surface area contributed by atoms with Gasteiger partial charge in [-0.1, -0.05) is 12.1 Å². The third kappa shape index (κ3) is 2.22. The standard InChI is InChI=1S/C12H10N2O4/c15-12(16)9-4-3-7-13(8-9)10-5-1-2-6-11(10)14(17)18/h1-7H,8H2,(H,15,16). The highest BCUT2D eigenvalue weighted by molar-refractivity contribution is 5.89. The molecule has 2 rings (SSSR count). The zero-order chi connectivity index (χ0) is 13.1. The molecule has 1 aliphatic rings. The smallest absolute Gasteiger partial charge is 0.333 e. The first-order chi connectivity index (χ1) is 8.59. The molecule has 0 unspecified atom stereocenters. The molecule has 0 aliphatic carbocycles. The number of carboxylic acid groups (broad SMARTS) is 1. The van der Waals surface area contributed by atoms with E-state index in [4.69, 9.17) is 5.11 Å². The molecule has 6 heteroatoms. The summed E-state index contributed by atoms with van der Waals surface area (Å²) in [5.41, 5.74) is 0.523. The lowest BCUT2D eigenvalue weighted by molar-refractivity contribution is -0.384. The van der Waals surface area contributed by atoms with Crippen LogP contribution < -0.4 is 4.90 Å². The van der Waals surface area contributed by atoms with Crippen LogP contribution in [0.5, 0.6) is 0 Å². The van der Waals surface area contributed by atoms with Gasteiger partial charge in [-0.25, -0.2) is 4.79 Å². The Morgan fingerprint density at radius 2 is 2.11 bits per heavy atom. The van der Waals surface area contributed by atoms with Crippen molar-refractivity contribution in [1.82, 2.24) is 0 Å². The van der Waals surface area contributed by atoms with Crippen molar-refractivity contribution in [1.29, 1.82) is 0 Å². The fourth-order valence-corrected chi connectivity index (χ4v) is 1.72. The number of allylic oxidation sites excluding steroid dienone is 2. The predicted octanol–water partition coefficient (Wildman–Crippen LogP) is 1.94. The fraction of sp³-hybridized carbons (Fsp3) is 0.0833. The third-order valence-electron chi connectivity index (χ3n) is 2.57. The number of carbonyl (C=O) groups is 1. The number of aliphatic carboxylic acids is 1. The molecule has 0 radical (unpaired) electrons. The molecule has 1 aliphatic heterocycles. The number of para-hydroxylation sites is 2. The molecule has 6 nitrogen and oxygen atoms in total. The largest absolute Gasteiger partial charge is 0.478 e. The SMILES string of the molecule is O=C(O)C1=CC=CN(c2ccccc2[N+](=O)[O-])C1. The average molecular weight is 246 g/mol. The van der Waals surface area contributed by atoms with E-state index in [1.807, 2.05) is 0 Å². The summed E-state index contributed by atoms with van der Waals surface area (Å²) in [5.74, 6) is -1.03. The number of nitro groups is 1. The number of nitro benzene ring substituents is 1. The summed E-state index contributed by atoms with van der Waals surface area (Å²) in [6.07, 6.45) is 4.66. The first kappa shape index (κ1) is 11.8. The van der Waals surface area contributed by atoms with Crippen LogP contribution in [0.1, 0.15) is 0 Å². The van der Waals surface area contributed by atoms with Crippen LogP contribution in [0.2, 0.25) is 0 Å². The normalized spacial score (nSPS) is 14.2. The molecule has 92 valence electrons.